The molecule has 3 heteroatoms. The van der Waals surface area contributed by atoms with Crippen molar-refractivity contribution in [3.63, 3.8) is 0 Å². The van der Waals surface area contributed by atoms with E-state index in [0.717, 1.165) is 6.32 Å². The van der Waals surface area contributed by atoms with Gasteiger partial charge in [-0.1, -0.05) is 20.1 Å². The standard InChI is InChI=1S/C6H12BNO/c1-5-3-7(2)6(9)4-8-5/h5,8H,3-4H2,1-2H3. The maximum Gasteiger partial charge on any atom is 0.223 e. The van der Waals surface area contributed by atoms with E-state index in [0.29, 0.717) is 18.3 Å². The molecule has 50 valence electrons. The van der Waals surface area contributed by atoms with Crippen molar-refractivity contribution in [2.75, 3.05) is 6.54 Å². The van der Waals surface area contributed by atoms with E-state index in [1.165, 1.54) is 0 Å². The van der Waals surface area contributed by atoms with Gasteiger partial charge in [0, 0.05) is 6.54 Å². The highest BCUT2D eigenvalue weighted by molar-refractivity contribution is 6.89. The molecule has 1 saturated heterocycles. The van der Waals surface area contributed by atoms with Crippen molar-refractivity contribution in [2.45, 2.75) is 26.1 Å². The molecule has 0 aromatic rings. The number of carbonyl (C=O) groups is 1. The highest BCUT2D eigenvalue weighted by Gasteiger charge is 2.24. The molecule has 1 heterocycles. The highest BCUT2D eigenvalue weighted by Crippen LogP contribution is 2.03. The predicted octanol–water partition coefficient (Wildman–Crippen LogP) is 0.211. The van der Waals surface area contributed by atoms with Crippen molar-refractivity contribution in [3.05, 3.63) is 0 Å². The second-order valence-corrected chi connectivity index (χ2v) is 2.89. The van der Waals surface area contributed by atoms with Gasteiger partial charge < -0.3 is 10.1 Å². The molecular weight excluding hydrogens is 113 g/mol. The number of carbonyl (C=O) groups excluding carboxylic acids is 1. The lowest BCUT2D eigenvalue weighted by molar-refractivity contribution is -0.112. The zero-order chi connectivity index (χ0) is 6.85. The first-order chi connectivity index (χ1) is 4.20. The Bertz CT molecular complexity index is 126. The Morgan fingerprint density at radius 3 is 2.89 bits per heavy atom. The van der Waals surface area contributed by atoms with Gasteiger partial charge in [-0.25, -0.2) is 0 Å². The maximum atomic E-state index is 10.9. The van der Waals surface area contributed by atoms with Crippen molar-refractivity contribution in [3.8, 4) is 0 Å². The Labute approximate surface area is 56.1 Å². The van der Waals surface area contributed by atoms with Gasteiger partial charge in [-0.2, -0.15) is 0 Å². The third-order valence-electron chi connectivity index (χ3n) is 1.88. The largest absolute Gasteiger partial charge is 0.310 e. The molecule has 1 N–H and O–H groups in total. The van der Waals surface area contributed by atoms with E-state index in [1.807, 2.05) is 6.82 Å². The van der Waals surface area contributed by atoms with Crippen LogP contribution in [0.3, 0.4) is 0 Å². The van der Waals surface area contributed by atoms with Crippen LogP contribution in [0.2, 0.25) is 13.1 Å². The van der Waals surface area contributed by atoms with E-state index < -0.39 is 0 Å². The normalized spacial score (nSPS) is 28.9. The zero-order valence-corrected chi connectivity index (χ0v) is 5.98. The summed E-state index contributed by atoms with van der Waals surface area (Å²) >= 11 is 0. The molecule has 1 unspecified atom stereocenters. The van der Waals surface area contributed by atoms with Crippen LogP contribution >= 0.6 is 0 Å². The van der Waals surface area contributed by atoms with Crippen molar-refractivity contribution < 1.29 is 4.79 Å². The summed E-state index contributed by atoms with van der Waals surface area (Å²) in [7, 11) is 0. The Balaban J connectivity index is 2.44. The number of hydrogen-bond acceptors (Lipinski definition) is 2. The first kappa shape index (κ1) is 6.81. The van der Waals surface area contributed by atoms with E-state index in [4.69, 9.17) is 0 Å². The molecule has 0 radical (unpaired) electrons. The topological polar surface area (TPSA) is 29.1 Å². The van der Waals surface area contributed by atoms with E-state index in [9.17, 15) is 4.79 Å². The van der Waals surface area contributed by atoms with Gasteiger partial charge in [0.1, 0.15) is 5.68 Å². The fraction of sp³-hybridized carbons (Fsp3) is 0.833. The van der Waals surface area contributed by atoms with Gasteiger partial charge in [0.2, 0.25) is 6.71 Å². The Morgan fingerprint density at radius 2 is 2.44 bits per heavy atom. The minimum atomic E-state index is 0.279. The van der Waals surface area contributed by atoms with Gasteiger partial charge in [0.15, 0.2) is 0 Å². The molecule has 1 fully saturated rings. The molecule has 1 rings (SSSR count). The Kier molecular flexibility index (Phi) is 1.91. The molecule has 0 aromatic carbocycles. The zero-order valence-electron chi connectivity index (χ0n) is 5.98. The van der Waals surface area contributed by atoms with Crippen molar-refractivity contribution in [1.29, 1.82) is 0 Å². The van der Waals surface area contributed by atoms with Gasteiger partial charge in [-0.15, -0.1) is 0 Å². The molecule has 0 bridgehead atoms. The van der Waals surface area contributed by atoms with Gasteiger partial charge in [0.05, 0.1) is 0 Å². The quantitative estimate of drug-likeness (QED) is 0.469. The summed E-state index contributed by atoms with van der Waals surface area (Å²) in [4.78, 5) is 10.9. The smallest absolute Gasteiger partial charge is 0.223 e. The molecule has 1 aliphatic heterocycles. The van der Waals surface area contributed by atoms with E-state index >= 15 is 0 Å². The lowest BCUT2D eigenvalue weighted by Gasteiger charge is -2.21. The summed E-state index contributed by atoms with van der Waals surface area (Å²) in [6, 6.07) is 0.526. The number of nitrogens with one attached hydrogen (secondary N) is 1. The summed E-state index contributed by atoms with van der Waals surface area (Å²) in [5, 5.41) is 3.11. The Hall–Kier alpha value is -0.305. The monoisotopic (exact) mass is 125 g/mol. The van der Waals surface area contributed by atoms with Crippen LogP contribution in [0, 0.1) is 0 Å². The molecule has 9 heavy (non-hydrogen) atoms. The Morgan fingerprint density at radius 1 is 1.78 bits per heavy atom. The molecule has 0 saturated carbocycles. The lowest BCUT2D eigenvalue weighted by Crippen LogP contribution is -2.46. The molecule has 0 aliphatic carbocycles. The summed E-state index contributed by atoms with van der Waals surface area (Å²) in [6.45, 7) is 4.96. The van der Waals surface area contributed by atoms with Crippen LogP contribution in [-0.4, -0.2) is 25.0 Å². The second kappa shape index (κ2) is 2.52. The maximum absolute atomic E-state index is 10.9. The highest BCUT2D eigenvalue weighted by atomic mass is 16.1. The summed E-state index contributed by atoms with van der Waals surface area (Å²) in [5.41, 5.74) is 0.355. The van der Waals surface area contributed by atoms with E-state index in [-0.39, 0.29) is 6.71 Å². The molecule has 1 aliphatic rings. The average Bonchev–Trinajstić information content (AvgIpc) is 1.80. The average molecular weight is 125 g/mol. The van der Waals surface area contributed by atoms with Gasteiger partial charge in [-0.3, -0.25) is 0 Å². The van der Waals surface area contributed by atoms with E-state index in [1.54, 1.807) is 0 Å². The van der Waals surface area contributed by atoms with Crippen molar-refractivity contribution in [2.24, 2.45) is 0 Å². The van der Waals surface area contributed by atoms with Crippen LogP contribution in [0.5, 0.6) is 0 Å². The van der Waals surface area contributed by atoms with Crippen molar-refractivity contribution >= 4 is 12.4 Å². The SMILES string of the molecule is CB1CC(C)NCC1=O. The third-order valence-corrected chi connectivity index (χ3v) is 1.88. The van der Waals surface area contributed by atoms with Crippen LogP contribution in [-0.2, 0) is 4.79 Å². The third kappa shape index (κ3) is 1.55. The molecule has 1 atom stereocenters. The molecular formula is C6H12BNO. The molecule has 2 nitrogen and oxygen atoms in total. The lowest BCUT2D eigenvalue weighted by atomic mass is 9.44. The first-order valence-electron chi connectivity index (χ1n) is 3.46. The van der Waals surface area contributed by atoms with E-state index in [2.05, 4.69) is 12.2 Å². The number of rotatable bonds is 0. The first-order valence-corrected chi connectivity index (χ1v) is 3.46. The summed E-state index contributed by atoms with van der Waals surface area (Å²) in [6.07, 6.45) is 0.999. The van der Waals surface area contributed by atoms with Crippen LogP contribution in [0.15, 0.2) is 0 Å². The van der Waals surface area contributed by atoms with Crippen LogP contribution in [0.4, 0.5) is 0 Å². The molecule has 0 amide bonds. The van der Waals surface area contributed by atoms with Gasteiger partial charge in [0.25, 0.3) is 0 Å². The second-order valence-electron chi connectivity index (χ2n) is 2.89. The minimum absolute atomic E-state index is 0.279. The fourth-order valence-electron chi connectivity index (χ4n) is 1.19. The summed E-state index contributed by atoms with van der Waals surface area (Å²) in [5.74, 6) is 0. The molecule has 0 spiro atoms. The van der Waals surface area contributed by atoms with Gasteiger partial charge in [-0.05, 0) is 6.04 Å². The van der Waals surface area contributed by atoms with Crippen LogP contribution < -0.4 is 5.32 Å². The van der Waals surface area contributed by atoms with Crippen LogP contribution in [0.1, 0.15) is 6.92 Å². The van der Waals surface area contributed by atoms with Crippen LogP contribution in [0.25, 0.3) is 0 Å². The molecule has 0 aromatic heterocycles. The predicted molar refractivity (Wildman–Crippen MR) is 38.9 cm³/mol. The summed E-state index contributed by atoms with van der Waals surface area (Å²) < 4.78 is 0. The van der Waals surface area contributed by atoms with Gasteiger partial charge >= 0.3 is 0 Å². The fourth-order valence-corrected chi connectivity index (χ4v) is 1.19. The number of hydrogen-bond donors (Lipinski definition) is 1. The van der Waals surface area contributed by atoms with Crippen molar-refractivity contribution in [1.82, 2.24) is 5.32 Å². The minimum Gasteiger partial charge on any atom is -0.310 e.